The van der Waals surface area contributed by atoms with Crippen molar-refractivity contribution in [2.45, 2.75) is 44.4 Å². The van der Waals surface area contributed by atoms with Gasteiger partial charge in [-0.3, -0.25) is 9.89 Å². The molecule has 1 fully saturated rings. The first-order valence-corrected chi connectivity index (χ1v) is 8.55. The topological polar surface area (TPSA) is 96.7 Å². The van der Waals surface area contributed by atoms with Gasteiger partial charge >= 0.3 is 0 Å². The number of rotatable bonds is 5. The first-order valence-electron chi connectivity index (χ1n) is 8.55. The lowest BCUT2D eigenvalue weighted by Gasteiger charge is -2.26. The number of nitrogens with zero attached hydrogens (tertiary/aromatic N) is 2. The number of H-pyrrole nitrogens is 1. The third kappa shape index (κ3) is 3.88. The minimum Gasteiger partial charge on any atom is -0.355 e. The van der Waals surface area contributed by atoms with E-state index in [2.05, 4.69) is 38.7 Å². The maximum atomic E-state index is 12.0. The largest absolute Gasteiger partial charge is 0.355 e. The number of hydrogen-bond donors (Lipinski definition) is 3. The summed E-state index contributed by atoms with van der Waals surface area (Å²) in [6.45, 7) is 1.05. The van der Waals surface area contributed by atoms with Crippen LogP contribution in [0.4, 0.5) is 0 Å². The standard InChI is InChI=1S/C17H25N5O/c18-10-11-19-17(23)14-8-6-13(7-9-14)16-20-15(21-22-16)12-4-2-1-3-5-12/h2,4-5,13-14H,1,3,6-11,18H2,(H,19,23)(H,20,21,22). The van der Waals surface area contributed by atoms with Crippen LogP contribution in [0.15, 0.2) is 18.2 Å². The fourth-order valence-electron chi connectivity index (χ4n) is 3.33. The maximum Gasteiger partial charge on any atom is 0.223 e. The van der Waals surface area contributed by atoms with E-state index in [-0.39, 0.29) is 11.8 Å². The van der Waals surface area contributed by atoms with Crippen LogP contribution in [0.3, 0.4) is 0 Å². The van der Waals surface area contributed by atoms with Crippen molar-refractivity contribution in [1.82, 2.24) is 20.5 Å². The number of nitrogens with one attached hydrogen (secondary N) is 2. The molecule has 1 amide bonds. The van der Waals surface area contributed by atoms with Crippen LogP contribution in [0.1, 0.15) is 56.1 Å². The number of aromatic amines is 1. The molecule has 0 spiro atoms. The van der Waals surface area contributed by atoms with Crippen LogP contribution in [0.25, 0.3) is 5.57 Å². The van der Waals surface area contributed by atoms with Crippen LogP contribution >= 0.6 is 0 Å². The first-order chi connectivity index (χ1) is 11.3. The fraction of sp³-hybridized carbons (Fsp3) is 0.588. The quantitative estimate of drug-likeness (QED) is 0.773. The summed E-state index contributed by atoms with van der Waals surface area (Å²) in [5.41, 5.74) is 6.53. The summed E-state index contributed by atoms with van der Waals surface area (Å²) in [5, 5.41) is 10.3. The van der Waals surface area contributed by atoms with Crippen LogP contribution in [0.2, 0.25) is 0 Å². The van der Waals surface area contributed by atoms with E-state index in [1.807, 2.05) is 0 Å². The second kappa shape index (κ2) is 7.55. The molecule has 3 rings (SSSR count). The van der Waals surface area contributed by atoms with Crippen LogP contribution in [-0.2, 0) is 4.79 Å². The summed E-state index contributed by atoms with van der Waals surface area (Å²) in [7, 11) is 0. The normalized spacial score (nSPS) is 24.3. The van der Waals surface area contributed by atoms with Gasteiger partial charge in [0.2, 0.25) is 5.91 Å². The third-order valence-corrected chi connectivity index (χ3v) is 4.68. The zero-order valence-electron chi connectivity index (χ0n) is 13.4. The van der Waals surface area contributed by atoms with Gasteiger partial charge in [0.15, 0.2) is 5.82 Å². The Kier molecular flexibility index (Phi) is 5.23. The molecule has 0 bridgehead atoms. The van der Waals surface area contributed by atoms with E-state index < -0.39 is 0 Å². The summed E-state index contributed by atoms with van der Waals surface area (Å²) < 4.78 is 0. The Morgan fingerprint density at radius 2 is 2.13 bits per heavy atom. The summed E-state index contributed by atoms with van der Waals surface area (Å²) in [4.78, 5) is 16.7. The Bertz CT molecular complexity index is 596. The van der Waals surface area contributed by atoms with Crippen molar-refractivity contribution in [3.8, 4) is 0 Å². The minimum atomic E-state index is 0.115. The van der Waals surface area contributed by atoms with Crippen molar-refractivity contribution in [2.24, 2.45) is 11.7 Å². The lowest BCUT2D eigenvalue weighted by Crippen LogP contribution is -2.35. The summed E-state index contributed by atoms with van der Waals surface area (Å²) in [6.07, 6.45) is 12.3. The molecule has 1 aromatic heterocycles. The smallest absolute Gasteiger partial charge is 0.223 e. The fourth-order valence-corrected chi connectivity index (χ4v) is 3.33. The molecule has 1 saturated carbocycles. The van der Waals surface area contributed by atoms with Crippen molar-refractivity contribution in [3.05, 3.63) is 29.9 Å². The highest BCUT2D eigenvalue weighted by Crippen LogP contribution is 2.34. The highest BCUT2D eigenvalue weighted by molar-refractivity contribution is 5.78. The van der Waals surface area contributed by atoms with Crippen LogP contribution in [0, 0.1) is 5.92 Å². The Hall–Kier alpha value is -1.95. The summed E-state index contributed by atoms with van der Waals surface area (Å²) in [5.74, 6) is 2.39. The third-order valence-electron chi connectivity index (χ3n) is 4.68. The van der Waals surface area contributed by atoms with Crippen LogP contribution in [-0.4, -0.2) is 34.2 Å². The van der Waals surface area contributed by atoms with Gasteiger partial charge in [-0.15, -0.1) is 0 Å². The number of carbonyl (C=O) groups is 1. The van der Waals surface area contributed by atoms with Gasteiger partial charge in [0.05, 0.1) is 0 Å². The van der Waals surface area contributed by atoms with E-state index >= 15 is 0 Å². The Morgan fingerprint density at radius 1 is 1.30 bits per heavy atom. The Balaban J connectivity index is 1.56. The number of nitrogens with two attached hydrogens (primary N) is 1. The van der Waals surface area contributed by atoms with Gasteiger partial charge in [-0.2, -0.15) is 5.10 Å². The monoisotopic (exact) mass is 315 g/mol. The average Bonchev–Trinajstić information content (AvgIpc) is 3.11. The van der Waals surface area contributed by atoms with Crippen molar-refractivity contribution in [1.29, 1.82) is 0 Å². The summed E-state index contributed by atoms with van der Waals surface area (Å²) >= 11 is 0. The van der Waals surface area contributed by atoms with Gasteiger partial charge in [-0.25, -0.2) is 4.98 Å². The lowest BCUT2D eigenvalue weighted by atomic mass is 9.81. The molecular weight excluding hydrogens is 290 g/mol. The highest BCUT2D eigenvalue weighted by Gasteiger charge is 2.28. The van der Waals surface area contributed by atoms with Gasteiger partial charge in [-0.05, 0) is 38.5 Å². The van der Waals surface area contributed by atoms with Crippen LogP contribution < -0.4 is 11.1 Å². The number of amides is 1. The van der Waals surface area contributed by atoms with Crippen LogP contribution in [0.5, 0.6) is 0 Å². The first kappa shape index (κ1) is 15.9. The second-order valence-electron chi connectivity index (χ2n) is 6.31. The molecule has 6 heteroatoms. The number of aromatic nitrogens is 3. The second-order valence-corrected chi connectivity index (χ2v) is 6.31. The molecule has 0 aliphatic heterocycles. The Morgan fingerprint density at radius 3 is 2.83 bits per heavy atom. The predicted molar refractivity (Wildman–Crippen MR) is 89.5 cm³/mol. The van der Waals surface area contributed by atoms with Gasteiger partial charge in [0.1, 0.15) is 5.82 Å². The van der Waals surface area contributed by atoms with E-state index in [0.29, 0.717) is 19.0 Å². The average molecular weight is 315 g/mol. The van der Waals surface area contributed by atoms with E-state index in [0.717, 1.165) is 55.7 Å². The maximum absolute atomic E-state index is 12.0. The molecular formula is C17H25N5O. The van der Waals surface area contributed by atoms with Gasteiger partial charge in [-0.1, -0.05) is 18.2 Å². The number of hydrogen-bond acceptors (Lipinski definition) is 4. The molecule has 0 saturated heterocycles. The molecule has 1 heterocycles. The predicted octanol–water partition coefficient (Wildman–Crippen LogP) is 1.89. The molecule has 0 radical (unpaired) electrons. The van der Waals surface area contributed by atoms with Crippen molar-refractivity contribution in [2.75, 3.05) is 13.1 Å². The molecule has 124 valence electrons. The van der Waals surface area contributed by atoms with E-state index in [4.69, 9.17) is 5.73 Å². The number of allylic oxidation sites excluding steroid dienone is 4. The molecule has 1 aromatic rings. The zero-order valence-corrected chi connectivity index (χ0v) is 13.4. The van der Waals surface area contributed by atoms with Crippen molar-refractivity contribution in [3.63, 3.8) is 0 Å². The molecule has 4 N–H and O–H groups in total. The molecule has 0 atom stereocenters. The lowest BCUT2D eigenvalue weighted by molar-refractivity contribution is -0.125. The highest BCUT2D eigenvalue weighted by atomic mass is 16.1. The van der Waals surface area contributed by atoms with Gasteiger partial charge in [0.25, 0.3) is 0 Å². The number of carbonyl (C=O) groups excluding carboxylic acids is 1. The molecule has 2 aliphatic rings. The molecule has 0 unspecified atom stereocenters. The van der Waals surface area contributed by atoms with E-state index in [1.54, 1.807) is 0 Å². The van der Waals surface area contributed by atoms with Gasteiger partial charge in [0, 0.05) is 30.5 Å². The Labute approximate surface area is 136 Å². The molecule has 2 aliphatic carbocycles. The minimum absolute atomic E-state index is 0.115. The van der Waals surface area contributed by atoms with Crippen molar-refractivity contribution < 1.29 is 4.79 Å². The van der Waals surface area contributed by atoms with E-state index in [1.165, 1.54) is 0 Å². The molecule has 23 heavy (non-hydrogen) atoms. The van der Waals surface area contributed by atoms with Gasteiger partial charge < -0.3 is 11.1 Å². The molecule has 0 aromatic carbocycles. The molecule has 6 nitrogen and oxygen atoms in total. The van der Waals surface area contributed by atoms with E-state index in [9.17, 15) is 4.79 Å². The van der Waals surface area contributed by atoms with Crippen molar-refractivity contribution >= 4 is 11.5 Å². The zero-order chi connectivity index (χ0) is 16.1. The summed E-state index contributed by atoms with van der Waals surface area (Å²) in [6, 6.07) is 0. The SMILES string of the molecule is NCCNC(=O)C1CCC(c2nc(C3=CCCC=C3)n[nH]2)CC1.